The maximum atomic E-state index is 11.6. The van der Waals surface area contributed by atoms with Crippen LogP contribution in [0.25, 0.3) is 0 Å². The van der Waals surface area contributed by atoms with Crippen molar-refractivity contribution in [2.24, 2.45) is 0 Å². The average molecular weight is 271 g/mol. The molecule has 100 valence electrons. The largest absolute Gasteiger partial charge is 0.468 e. The van der Waals surface area contributed by atoms with Gasteiger partial charge in [0.15, 0.2) is 9.84 Å². The molecule has 0 N–H and O–H groups in total. The van der Waals surface area contributed by atoms with E-state index in [-0.39, 0.29) is 18.3 Å². The van der Waals surface area contributed by atoms with Crippen molar-refractivity contribution < 1.29 is 17.9 Å². The second-order valence-electron chi connectivity index (χ2n) is 3.83. The highest BCUT2D eigenvalue weighted by Crippen LogP contribution is 2.17. The SMILES string of the molecule is CCS(=O)(=O)c1ccc(N(C)CC(=O)OC)cc1. The first-order valence-corrected chi connectivity index (χ1v) is 7.16. The highest BCUT2D eigenvalue weighted by Gasteiger charge is 2.12. The fourth-order valence-electron chi connectivity index (χ4n) is 1.42. The minimum Gasteiger partial charge on any atom is -0.468 e. The maximum absolute atomic E-state index is 11.6. The average Bonchev–Trinajstić information content (AvgIpc) is 2.38. The van der Waals surface area contributed by atoms with Crippen LogP contribution in [0.15, 0.2) is 29.2 Å². The van der Waals surface area contributed by atoms with Gasteiger partial charge in [-0.1, -0.05) is 6.92 Å². The monoisotopic (exact) mass is 271 g/mol. The lowest BCUT2D eigenvalue weighted by molar-refractivity contribution is -0.138. The predicted molar refractivity (Wildman–Crippen MR) is 69.5 cm³/mol. The number of likely N-dealkylation sites (N-methyl/N-ethyl adjacent to an activating group) is 1. The van der Waals surface area contributed by atoms with Gasteiger partial charge in [-0.3, -0.25) is 4.79 Å². The third-order valence-corrected chi connectivity index (χ3v) is 4.36. The molecule has 0 fully saturated rings. The van der Waals surface area contributed by atoms with Crippen molar-refractivity contribution in [2.75, 3.05) is 31.4 Å². The van der Waals surface area contributed by atoms with Crippen LogP contribution in [0.1, 0.15) is 6.92 Å². The molecule has 0 spiro atoms. The Kier molecular flexibility index (Phi) is 4.72. The number of hydrogen-bond donors (Lipinski definition) is 0. The number of hydrogen-bond acceptors (Lipinski definition) is 5. The van der Waals surface area contributed by atoms with Crippen LogP contribution in [-0.4, -0.2) is 40.8 Å². The number of methoxy groups -OCH3 is 1. The number of esters is 1. The number of carbonyl (C=O) groups excluding carboxylic acids is 1. The van der Waals surface area contributed by atoms with Crippen molar-refractivity contribution in [3.8, 4) is 0 Å². The Morgan fingerprint density at radius 1 is 1.28 bits per heavy atom. The molecule has 0 saturated carbocycles. The number of anilines is 1. The molecule has 6 heteroatoms. The van der Waals surface area contributed by atoms with Crippen LogP contribution in [0.4, 0.5) is 5.69 Å². The summed E-state index contributed by atoms with van der Waals surface area (Å²) in [7, 11) is -0.116. The van der Waals surface area contributed by atoms with Gasteiger partial charge in [0.05, 0.1) is 17.8 Å². The molecule has 0 aromatic heterocycles. The number of rotatable bonds is 5. The van der Waals surface area contributed by atoms with Crippen LogP contribution < -0.4 is 4.90 Å². The van der Waals surface area contributed by atoms with Crippen molar-refractivity contribution in [1.29, 1.82) is 0 Å². The summed E-state index contributed by atoms with van der Waals surface area (Å²) in [5, 5.41) is 0. The summed E-state index contributed by atoms with van der Waals surface area (Å²) in [6.45, 7) is 1.73. The number of nitrogens with zero attached hydrogens (tertiary/aromatic N) is 1. The summed E-state index contributed by atoms with van der Waals surface area (Å²) in [6.07, 6.45) is 0. The number of sulfone groups is 1. The minimum absolute atomic E-state index is 0.0738. The van der Waals surface area contributed by atoms with Gasteiger partial charge in [0.2, 0.25) is 0 Å². The van der Waals surface area contributed by atoms with Gasteiger partial charge >= 0.3 is 5.97 Å². The van der Waals surface area contributed by atoms with E-state index in [0.29, 0.717) is 4.90 Å². The molecular formula is C12H17NO4S. The molecule has 1 aromatic carbocycles. The van der Waals surface area contributed by atoms with Gasteiger partial charge in [0.1, 0.15) is 6.54 Å². The van der Waals surface area contributed by atoms with E-state index in [0.717, 1.165) is 5.69 Å². The van der Waals surface area contributed by atoms with Crippen LogP contribution >= 0.6 is 0 Å². The van der Waals surface area contributed by atoms with Gasteiger partial charge in [0.25, 0.3) is 0 Å². The molecule has 0 bridgehead atoms. The smallest absolute Gasteiger partial charge is 0.325 e. The maximum Gasteiger partial charge on any atom is 0.325 e. The van der Waals surface area contributed by atoms with Crippen LogP contribution in [0.5, 0.6) is 0 Å². The zero-order valence-corrected chi connectivity index (χ0v) is 11.5. The van der Waals surface area contributed by atoms with Crippen molar-refractivity contribution in [2.45, 2.75) is 11.8 Å². The van der Waals surface area contributed by atoms with Gasteiger partial charge in [0, 0.05) is 12.7 Å². The van der Waals surface area contributed by atoms with E-state index in [4.69, 9.17) is 0 Å². The lowest BCUT2D eigenvalue weighted by Gasteiger charge is -2.17. The summed E-state index contributed by atoms with van der Waals surface area (Å²) in [5.74, 6) is -0.271. The third kappa shape index (κ3) is 3.46. The second kappa shape index (κ2) is 5.86. The lowest BCUT2D eigenvalue weighted by atomic mass is 10.3. The van der Waals surface area contributed by atoms with Gasteiger partial charge < -0.3 is 9.64 Å². The summed E-state index contributed by atoms with van der Waals surface area (Å²) in [6, 6.07) is 6.43. The summed E-state index contributed by atoms with van der Waals surface area (Å²) in [5.41, 5.74) is 0.760. The molecule has 0 aliphatic rings. The van der Waals surface area contributed by atoms with Crippen molar-refractivity contribution in [3.63, 3.8) is 0 Å². The van der Waals surface area contributed by atoms with Crippen molar-refractivity contribution in [3.05, 3.63) is 24.3 Å². The number of benzene rings is 1. The Balaban J connectivity index is 2.86. The zero-order valence-electron chi connectivity index (χ0n) is 10.7. The highest BCUT2D eigenvalue weighted by molar-refractivity contribution is 7.91. The van der Waals surface area contributed by atoms with E-state index in [1.54, 1.807) is 43.1 Å². The van der Waals surface area contributed by atoms with E-state index in [2.05, 4.69) is 4.74 Å². The fourth-order valence-corrected chi connectivity index (χ4v) is 2.31. The Morgan fingerprint density at radius 3 is 2.28 bits per heavy atom. The Hall–Kier alpha value is -1.56. The van der Waals surface area contributed by atoms with E-state index in [9.17, 15) is 13.2 Å². The van der Waals surface area contributed by atoms with E-state index in [1.165, 1.54) is 7.11 Å². The first kappa shape index (κ1) is 14.5. The van der Waals surface area contributed by atoms with Crippen LogP contribution in [0, 0.1) is 0 Å². The Bertz CT molecular complexity index is 507. The van der Waals surface area contributed by atoms with E-state index < -0.39 is 9.84 Å². The third-order valence-electron chi connectivity index (χ3n) is 2.61. The zero-order chi connectivity index (χ0) is 13.8. The van der Waals surface area contributed by atoms with Crippen LogP contribution in [0.2, 0.25) is 0 Å². The first-order chi connectivity index (χ1) is 8.40. The van der Waals surface area contributed by atoms with Gasteiger partial charge in [-0.2, -0.15) is 0 Å². The Labute approximate surface area is 107 Å². The number of ether oxygens (including phenoxy) is 1. The molecule has 0 unspecified atom stereocenters. The molecule has 1 rings (SSSR count). The van der Waals surface area contributed by atoms with Gasteiger partial charge in [-0.05, 0) is 24.3 Å². The standard InChI is InChI=1S/C12H17NO4S/c1-4-18(15,16)11-7-5-10(6-8-11)13(2)9-12(14)17-3/h5-8H,4,9H2,1-3H3. The van der Waals surface area contributed by atoms with Crippen LogP contribution in [-0.2, 0) is 19.4 Å². The molecule has 0 heterocycles. The minimum atomic E-state index is -3.18. The molecule has 18 heavy (non-hydrogen) atoms. The van der Waals surface area contributed by atoms with E-state index in [1.807, 2.05) is 0 Å². The quantitative estimate of drug-likeness (QED) is 0.750. The second-order valence-corrected chi connectivity index (χ2v) is 6.11. The first-order valence-electron chi connectivity index (χ1n) is 5.51. The molecule has 0 aliphatic carbocycles. The molecule has 0 atom stereocenters. The summed E-state index contributed by atoms with van der Waals surface area (Å²) >= 11 is 0. The molecule has 0 saturated heterocycles. The van der Waals surface area contributed by atoms with Crippen molar-refractivity contribution in [1.82, 2.24) is 0 Å². The summed E-state index contributed by atoms with van der Waals surface area (Å²) in [4.78, 5) is 13.1. The Morgan fingerprint density at radius 2 is 1.83 bits per heavy atom. The molecule has 5 nitrogen and oxygen atoms in total. The molecule has 0 radical (unpaired) electrons. The predicted octanol–water partition coefficient (Wildman–Crippen LogP) is 1.09. The molecule has 0 aliphatic heterocycles. The molecule has 0 amide bonds. The normalized spacial score (nSPS) is 11.1. The van der Waals surface area contributed by atoms with Gasteiger partial charge in [-0.25, -0.2) is 8.42 Å². The highest BCUT2D eigenvalue weighted by atomic mass is 32.2. The molecule has 1 aromatic rings. The van der Waals surface area contributed by atoms with E-state index >= 15 is 0 Å². The van der Waals surface area contributed by atoms with Crippen LogP contribution in [0.3, 0.4) is 0 Å². The lowest BCUT2D eigenvalue weighted by Crippen LogP contribution is -2.26. The topological polar surface area (TPSA) is 63.7 Å². The van der Waals surface area contributed by atoms with Gasteiger partial charge in [-0.15, -0.1) is 0 Å². The molecular weight excluding hydrogens is 254 g/mol. The summed E-state index contributed by atoms with van der Waals surface area (Å²) < 4.78 is 27.8. The number of carbonyl (C=O) groups is 1. The fraction of sp³-hybridized carbons (Fsp3) is 0.417. The van der Waals surface area contributed by atoms with Crippen molar-refractivity contribution >= 4 is 21.5 Å².